The zero-order valence-corrected chi connectivity index (χ0v) is 12.3. The smallest absolute Gasteiger partial charge is 0.234 e. The lowest BCUT2D eigenvalue weighted by Gasteiger charge is -2.35. The lowest BCUT2D eigenvalue weighted by molar-refractivity contribution is -0.124. The van der Waals surface area contributed by atoms with E-state index in [-0.39, 0.29) is 11.9 Å². The van der Waals surface area contributed by atoms with Gasteiger partial charge in [-0.25, -0.2) is 0 Å². The second-order valence-electron chi connectivity index (χ2n) is 5.96. The number of nitrogens with zero attached hydrogens (tertiary/aromatic N) is 1. The molecule has 1 amide bonds. The first-order valence-electron chi connectivity index (χ1n) is 7.43. The van der Waals surface area contributed by atoms with Crippen molar-refractivity contribution in [2.75, 3.05) is 46.6 Å². The molecule has 0 spiro atoms. The SMILES string of the molecule is CN(CC(=O)NC1CCOCC1)CC1(O)CCOCC1. The summed E-state index contributed by atoms with van der Waals surface area (Å²) < 4.78 is 10.5. The molecule has 2 saturated heterocycles. The largest absolute Gasteiger partial charge is 0.388 e. The Bertz CT molecular complexity index is 312. The van der Waals surface area contributed by atoms with Crippen molar-refractivity contribution >= 4 is 5.91 Å². The second-order valence-corrected chi connectivity index (χ2v) is 5.96. The summed E-state index contributed by atoms with van der Waals surface area (Å²) in [6.45, 7) is 3.47. The average Bonchev–Trinajstić information content (AvgIpc) is 2.39. The molecule has 0 bridgehead atoms. The number of hydrogen-bond donors (Lipinski definition) is 2. The molecule has 2 N–H and O–H groups in total. The zero-order valence-electron chi connectivity index (χ0n) is 12.3. The highest BCUT2D eigenvalue weighted by atomic mass is 16.5. The Hall–Kier alpha value is -0.690. The maximum atomic E-state index is 12.0. The predicted octanol–water partition coefficient (Wildman–Crippen LogP) is -0.245. The van der Waals surface area contributed by atoms with Crippen LogP contribution in [0.4, 0.5) is 0 Å². The minimum atomic E-state index is -0.716. The molecule has 0 atom stereocenters. The summed E-state index contributed by atoms with van der Waals surface area (Å²) in [5.74, 6) is 0.0232. The van der Waals surface area contributed by atoms with Crippen LogP contribution in [0.2, 0.25) is 0 Å². The second kappa shape index (κ2) is 7.36. The van der Waals surface area contributed by atoms with E-state index < -0.39 is 5.60 Å². The fourth-order valence-electron chi connectivity index (χ4n) is 2.83. The van der Waals surface area contributed by atoms with Gasteiger partial charge in [-0.1, -0.05) is 0 Å². The molecule has 0 saturated carbocycles. The molecule has 116 valence electrons. The van der Waals surface area contributed by atoms with Crippen molar-refractivity contribution < 1.29 is 19.4 Å². The molecular formula is C14H26N2O4. The molecule has 2 aliphatic heterocycles. The van der Waals surface area contributed by atoms with Gasteiger partial charge >= 0.3 is 0 Å². The van der Waals surface area contributed by atoms with Crippen LogP contribution in [0.3, 0.4) is 0 Å². The Morgan fingerprint density at radius 2 is 1.85 bits per heavy atom. The topological polar surface area (TPSA) is 71.0 Å². The molecule has 6 nitrogen and oxygen atoms in total. The van der Waals surface area contributed by atoms with Gasteiger partial charge in [-0.15, -0.1) is 0 Å². The van der Waals surface area contributed by atoms with Crippen molar-refractivity contribution in [2.45, 2.75) is 37.3 Å². The van der Waals surface area contributed by atoms with Crippen molar-refractivity contribution in [1.82, 2.24) is 10.2 Å². The van der Waals surface area contributed by atoms with Gasteiger partial charge in [0.2, 0.25) is 5.91 Å². The van der Waals surface area contributed by atoms with Gasteiger partial charge in [-0.2, -0.15) is 0 Å². The van der Waals surface area contributed by atoms with Gasteiger partial charge in [0, 0.05) is 51.9 Å². The van der Waals surface area contributed by atoms with E-state index >= 15 is 0 Å². The van der Waals surface area contributed by atoms with Crippen LogP contribution in [0.1, 0.15) is 25.7 Å². The van der Waals surface area contributed by atoms with Crippen LogP contribution in [0, 0.1) is 0 Å². The summed E-state index contributed by atoms with van der Waals surface area (Å²) in [6, 6.07) is 0.232. The normalized spacial score (nSPS) is 23.8. The van der Waals surface area contributed by atoms with Gasteiger partial charge < -0.3 is 19.9 Å². The third-order valence-electron chi connectivity index (χ3n) is 3.99. The van der Waals surface area contributed by atoms with Crippen LogP contribution < -0.4 is 5.32 Å². The molecular weight excluding hydrogens is 260 g/mol. The summed E-state index contributed by atoms with van der Waals surface area (Å²) in [4.78, 5) is 13.9. The highest BCUT2D eigenvalue weighted by molar-refractivity contribution is 5.78. The van der Waals surface area contributed by atoms with E-state index in [1.54, 1.807) is 0 Å². The highest BCUT2D eigenvalue weighted by Gasteiger charge is 2.31. The van der Waals surface area contributed by atoms with Gasteiger partial charge in [0.25, 0.3) is 0 Å². The van der Waals surface area contributed by atoms with Crippen LogP contribution in [0.5, 0.6) is 0 Å². The predicted molar refractivity (Wildman–Crippen MR) is 74.5 cm³/mol. The molecule has 0 unspecified atom stereocenters. The minimum Gasteiger partial charge on any atom is -0.388 e. The first kappa shape index (κ1) is 15.7. The van der Waals surface area contributed by atoms with E-state index in [2.05, 4.69) is 5.32 Å². The summed E-state index contributed by atoms with van der Waals surface area (Å²) in [6.07, 6.45) is 3.05. The monoisotopic (exact) mass is 286 g/mol. The highest BCUT2D eigenvalue weighted by Crippen LogP contribution is 2.21. The number of nitrogens with one attached hydrogen (secondary N) is 1. The van der Waals surface area contributed by atoms with Crippen LogP contribution in [-0.4, -0.2) is 74.1 Å². The Morgan fingerprint density at radius 1 is 1.25 bits per heavy atom. The minimum absolute atomic E-state index is 0.0232. The van der Waals surface area contributed by atoms with Gasteiger partial charge in [-0.05, 0) is 19.9 Å². The lowest BCUT2D eigenvalue weighted by Crippen LogP contribution is -2.49. The van der Waals surface area contributed by atoms with Crippen molar-refractivity contribution in [1.29, 1.82) is 0 Å². The molecule has 0 aromatic rings. The Labute approximate surface area is 120 Å². The van der Waals surface area contributed by atoms with Crippen LogP contribution in [0.15, 0.2) is 0 Å². The molecule has 0 radical (unpaired) electrons. The first-order chi connectivity index (χ1) is 9.57. The Morgan fingerprint density at radius 3 is 2.50 bits per heavy atom. The van der Waals surface area contributed by atoms with Crippen molar-refractivity contribution in [3.8, 4) is 0 Å². The van der Waals surface area contributed by atoms with Crippen molar-refractivity contribution in [3.05, 3.63) is 0 Å². The zero-order chi connectivity index (χ0) is 14.4. The summed E-state index contributed by atoms with van der Waals surface area (Å²) >= 11 is 0. The number of carbonyl (C=O) groups excluding carboxylic acids is 1. The molecule has 2 rings (SSSR count). The number of hydrogen-bond acceptors (Lipinski definition) is 5. The molecule has 0 aliphatic carbocycles. The van der Waals surface area contributed by atoms with Crippen LogP contribution >= 0.6 is 0 Å². The van der Waals surface area contributed by atoms with E-state index in [1.807, 2.05) is 11.9 Å². The number of aliphatic hydroxyl groups is 1. The van der Waals surface area contributed by atoms with Crippen LogP contribution in [0.25, 0.3) is 0 Å². The Kier molecular flexibility index (Phi) is 5.77. The number of amides is 1. The van der Waals surface area contributed by atoms with Gasteiger partial charge in [0.15, 0.2) is 0 Å². The van der Waals surface area contributed by atoms with E-state index in [0.717, 1.165) is 26.1 Å². The van der Waals surface area contributed by atoms with Crippen molar-refractivity contribution in [3.63, 3.8) is 0 Å². The number of likely N-dealkylation sites (N-methyl/N-ethyl adjacent to an activating group) is 1. The summed E-state index contributed by atoms with van der Waals surface area (Å²) in [7, 11) is 1.87. The van der Waals surface area contributed by atoms with Crippen molar-refractivity contribution in [2.24, 2.45) is 0 Å². The number of rotatable bonds is 5. The number of ether oxygens (including phenoxy) is 2. The molecule has 2 aliphatic rings. The molecule has 2 heterocycles. The third kappa shape index (κ3) is 5.01. The summed E-state index contributed by atoms with van der Waals surface area (Å²) in [5, 5.41) is 13.4. The fraction of sp³-hybridized carbons (Fsp3) is 0.929. The molecule has 0 aromatic carbocycles. The van der Waals surface area contributed by atoms with E-state index in [1.165, 1.54) is 0 Å². The van der Waals surface area contributed by atoms with Crippen LogP contribution in [-0.2, 0) is 14.3 Å². The van der Waals surface area contributed by atoms with E-state index in [9.17, 15) is 9.90 Å². The maximum Gasteiger partial charge on any atom is 0.234 e. The summed E-state index contributed by atoms with van der Waals surface area (Å²) in [5.41, 5.74) is -0.716. The quantitative estimate of drug-likeness (QED) is 0.729. The first-order valence-corrected chi connectivity index (χ1v) is 7.43. The maximum absolute atomic E-state index is 12.0. The van der Waals surface area contributed by atoms with Gasteiger partial charge in [-0.3, -0.25) is 9.69 Å². The van der Waals surface area contributed by atoms with Gasteiger partial charge in [0.05, 0.1) is 12.1 Å². The molecule has 2 fully saturated rings. The molecule has 6 heteroatoms. The van der Waals surface area contributed by atoms with Gasteiger partial charge in [0.1, 0.15) is 0 Å². The fourth-order valence-corrected chi connectivity index (χ4v) is 2.83. The Balaban J connectivity index is 1.69. The standard InChI is InChI=1S/C14H26N2O4/c1-16(11-14(18)4-8-20-9-5-14)10-13(17)15-12-2-6-19-7-3-12/h12,18H,2-11H2,1H3,(H,15,17). The lowest BCUT2D eigenvalue weighted by atomic mass is 9.94. The third-order valence-corrected chi connectivity index (χ3v) is 3.99. The van der Waals surface area contributed by atoms with E-state index in [4.69, 9.17) is 9.47 Å². The molecule has 0 aromatic heterocycles. The number of carbonyl (C=O) groups is 1. The van der Waals surface area contributed by atoms with E-state index in [0.29, 0.717) is 39.1 Å². The average molecular weight is 286 g/mol. The molecule has 20 heavy (non-hydrogen) atoms.